The number of piperazine rings is 1. The summed E-state index contributed by atoms with van der Waals surface area (Å²) >= 11 is 6.05. The Hall–Kier alpha value is -2.44. The highest BCUT2D eigenvalue weighted by atomic mass is 35.5. The van der Waals surface area contributed by atoms with Crippen LogP contribution in [0.5, 0.6) is 0 Å². The molecule has 2 aromatic rings. The van der Waals surface area contributed by atoms with Gasteiger partial charge in [0.1, 0.15) is 6.04 Å². The first-order valence-electron chi connectivity index (χ1n) is 9.00. The molecule has 1 aromatic heterocycles. The van der Waals surface area contributed by atoms with Crippen molar-refractivity contribution in [2.24, 2.45) is 0 Å². The van der Waals surface area contributed by atoms with Gasteiger partial charge in [0.05, 0.1) is 10.6 Å². The third kappa shape index (κ3) is 5.05. The molecular formula is C20H23ClN4O2. The van der Waals surface area contributed by atoms with Crippen LogP contribution in [0.25, 0.3) is 0 Å². The lowest BCUT2D eigenvalue weighted by molar-refractivity contribution is -0.134. The van der Waals surface area contributed by atoms with E-state index in [-0.39, 0.29) is 11.8 Å². The van der Waals surface area contributed by atoms with E-state index >= 15 is 0 Å². The van der Waals surface area contributed by atoms with Crippen LogP contribution >= 0.6 is 11.6 Å². The van der Waals surface area contributed by atoms with Gasteiger partial charge >= 0.3 is 0 Å². The van der Waals surface area contributed by atoms with E-state index in [2.05, 4.69) is 15.2 Å². The molecule has 1 atom stereocenters. The normalized spacial score (nSPS) is 16.0. The van der Waals surface area contributed by atoms with Crippen molar-refractivity contribution in [3.8, 4) is 0 Å². The van der Waals surface area contributed by atoms with Gasteiger partial charge in [0.25, 0.3) is 5.91 Å². The van der Waals surface area contributed by atoms with Crippen molar-refractivity contribution in [2.75, 3.05) is 26.2 Å². The zero-order chi connectivity index (χ0) is 19.2. The summed E-state index contributed by atoms with van der Waals surface area (Å²) in [5.74, 6) is -0.406. The van der Waals surface area contributed by atoms with Gasteiger partial charge in [0, 0.05) is 45.1 Å². The Labute approximate surface area is 164 Å². The van der Waals surface area contributed by atoms with Gasteiger partial charge in [-0.05, 0) is 36.8 Å². The summed E-state index contributed by atoms with van der Waals surface area (Å²) in [5, 5.41) is 3.12. The maximum absolute atomic E-state index is 12.7. The Morgan fingerprint density at radius 3 is 2.44 bits per heavy atom. The SMILES string of the molecule is C[C@H](NC(=O)c1ccccc1Cl)C(=O)N1CCN(Cc2ccncc2)CC1. The number of carbonyl (C=O) groups excluding carboxylic acids is 2. The van der Waals surface area contributed by atoms with Gasteiger partial charge in [0.2, 0.25) is 5.91 Å². The number of rotatable bonds is 5. The standard InChI is InChI=1S/C20H23ClN4O2/c1-15(23-19(26)17-4-2-3-5-18(17)21)20(27)25-12-10-24(11-13-25)14-16-6-8-22-9-7-16/h2-9,15H,10-14H2,1H3,(H,23,26)/t15-/m0/s1. The Morgan fingerprint density at radius 2 is 1.78 bits per heavy atom. The molecule has 0 aliphatic carbocycles. The smallest absolute Gasteiger partial charge is 0.253 e. The van der Waals surface area contributed by atoms with Gasteiger partial charge in [0.15, 0.2) is 0 Å². The molecule has 3 rings (SSSR count). The lowest BCUT2D eigenvalue weighted by atomic mass is 10.1. The van der Waals surface area contributed by atoms with Crippen molar-refractivity contribution in [2.45, 2.75) is 19.5 Å². The van der Waals surface area contributed by atoms with E-state index in [9.17, 15) is 9.59 Å². The van der Waals surface area contributed by atoms with Crippen LogP contribution in [0.4, 0.5) is 0 Å². The van der Waals surface area contributed by atoms with E-state index in [0.29, 0.717) is 23.7 Å². The molecule has 7 heteroatoms. The van der Waals surface area contributed by atoms with Crippen LogP contribution < -0.4 is 5.32 Å². The fraction of sp³-hybridized carbons (Fsp3) is 0.350. The quantitative estimate of drug-likeness (QED) is 0.855. The largest absolute Gasteiger partial charge is 0.340 e. The third-order valence-electron chi connectivity index (χ3n) is 4.68. The van der Waals surface area contributed by atoms with Gasteiger partial charge in [-0.15, -0.1) is 0 Å². The Morgan fingerprint density at radius 1 is 1.11 bits per heavy atom. The summed E-state index contributed by atoms with van der Waals surface area (Å²) in [6.45, 7) is 5.47. The predicted octanol–water partition coefficient (Wildman–Crippen LogP) is 2.20. The van der Waals surface area contributed by atoms with E-state index < -0.39 is 6.04 Å². The molecule has 142 valence electrons. The molecule has 2 heterocycles. The zero-order valence-corrected chi connectivity index (χ0v) is 16.0. The predicted molar refractivity (Wildman–Crippen MR) is 104 cm³/mol. The van der Waals surface area contributed by atoms with Crippen molar-refractivity contribution in [1.82, 2.24) is 20.1 Å². The summed E-state index contributed by atoms with van der Waals surface area (Å²) < 4.78 is 0. The van der Waals surface area contributed by atoms with Crippen LogP contribution in [-0.2, 0) is 11.3 Å². The van der Waals surface area contributed by atoms with Crippen LogP contribution in [-0.4, -0.2) is 58.8 Å². The van der Waals surface area contributed by atoms with E-state index in [1.165, 1.54) is 5.56 Å². The average Bonchev–Trinajstić information content (AvgIpc) is 2.69. The minimum absolute atomic E-state index is 0.0704. The zero-order valence-electron chi connectivity index (χ0n) is 15.3. The molecule has 6 nitrogen and oxygen atoms in total. The van der Waals surface area contributed by atoms with Crippen molar-refractivity contribution in [3.63, 3.8) is 0 Å². The Kier molecular flexibility index (Phi) is 6.42. The molecule has 1 aromatic carbocycles. The lowest BCUT2D eigenvalue weighted by Gasteiger charge is -2.36. The summed E-state index contributed by atoms with van der Waals surface area (Å²) in [6, 6.07) is 10.2. The van der Waals surface area contributed by atoms with Crippen LogP contribution in [0, 0.1) is 0 Å². The number of hydrogen-bond acceptors (Lipinski definition) is 4. The molecule has 27 heavy (non-hydrogen) atoms. The molecular weight excluding hydrogens is 364 g/mol. The highest BCUT2D eigenvalue weighted by molar-refractivity contribution is 6.33. The topological polar surface area (TPSA) is 65.5 Å². The molecule has 1 N–H and O–H groups in total. The number of benzene rings is 1. The molecule has 0 bridgehead atoms. The summed E-state index contributed by atoms with van der Waals surface area (Å²) in [6.07, 6.45) is 3.58. The average molecular weight is 387 g/mol. The molecule has 2 amide bonds. The van der Waals surface area contributed by atoms with Gasteiger partial charge in [-0.25, -0.2) is 0 Å². The van der Waals surface area contributed by atoms with Crippen LogP contribution in [0.15, 0.2) is 48.8 Å². The molecule has 1 aliphatic rings. The van der Waals surface area contributed by atoms with E-state index in [4.69, 9.17) is 11.6 Å². The summed E-state index contributed by atoms with van der Waals surface area (Å²) in [4.78, 5) is 33.2. The first-order valence-corrected chi connectivity index (χ1v) is 9.38. The molecule has 1 aliphatic heterocycles. The fourth-order valence-electron chi connectivity index (χ4n) is 3.13. The maximum Gasteiger partial charge on any atom is 0.253 e. The monoisotopic (exact) mass is 386 g/mol. The number of pyridine rings is 1. The van der Waals surface area contributed by atoms with Crippen LogP contribution in [0.1, 0.15) is 22.8 Å². The minimum Gasteiger partial charge on any atom is -0.340 e. The molecule has 0 spiro atoms. The Bertz CT molecular complexity index is 792. The lowest BCUT2D eigenvalue weighted by Crippen LogP contribution is -2.53. The van der Waals surface area contributed by atoms with Gasteiger partial charge in [-0.3, -0.25) is 19.5 Å². The van der Waals surface area contributed by atoms with Crippen molar-refractivity contribution in [1.29, 1.82) is 0 Å². The molecule has 0 radical (unpaired) electrons. The number of nitrogens with one attached hydrogen (secondary N) is 1. The second-order valence-electron chi connectivity index (χ2n) is 6.63. The number of hydrogen-bond donors (Lipinski definition) is 1. The second-order valence-corrected chi connectivity index (χ2v) is 7.04. The van der Waals surface area contributed by atoms with Crippen LogP contribution in [0.2, 0.25) is 5.02 Å². The third-order valence-corrected chi connectivity index (χ3v) is 5.01. The van der Waals surface area contributed by atoms with E-state index in [1.807, 2.05) is 12.1 Å². The number of amides is 2. The first kappa shape index (κ1) is 19.3. The van der Waals surface area contributed by atoms with Gasteiger partial charge < -0.3 is 10.2 Å². The maximum atomic E-state index is 12.7. The molecule has 0 unspecified atom stereocenters. The molecule has 1 fully saturated rings. The van der Waals surface area contributed by atoms with Crippen LogP contribution in [0.3, 0.4) is 0 Å². The van der Waals surface area contributed by atoms with E-state index in [0.717, 1.165) is 19.6 Å². The number of halogens is 1. The van der Waals surface area contributed by atoms with E-state index in [1.54, 1.807) is 48.5 Å². The summed E-state index contributed by atoms with van der Waals surface area (Å²) in [5.41, 5.74) is 1.59. The highest BCUT2D eigenvalue weighted by Gasteiger charge is 2.26. The molecule has 0 saturated carbocycles. The van der Waals surface area contributed by atoms with Crippen molar-refractivity contribution >= 4 is 23.4 Å². The first-order chi connectivity index (χ1) is 13.0. The van der Waals surface area contributed by atoms with Gasteiger partial charge in [-0.2, -0.15) is 0 Å². The fourth-order valence-corrected chi connectivity index (χ4v) is 3.35. The number of aromatic nitrogens is 1. The van der Waals surface area contributed by atoms with Crippen molar-refractivity contribution < 1.29 is 9.59 Å². The number of carbonyl (C=O) groups is 2. The van der Waals surface area contributed by atoms with Crippen molar-refractivity contribution in [3.05, 3.63) is 64.9 Å². The summed E-state index contributed by atoms with van der Waals surface area (Å²) in [7, 11) is 0. The Balaban J connectivity index is 1.50. The second kappa shape index (κ2) is 8.97. The minimum atomic E-state index is -0.597. The molecule has 1 saturated heterocycles. The van der Waals surface area contributed by atoms with Gasteiger partial charge in [-0.1, -0.05) is 23.7 Å². The number of nitrogens with zero attached hydrogens (tertiary/aromatic N) is 3. The highest BCUT2D eigenvalue weighted by Crippen LogP contribution is 2.15.